The van der Waals surface area contributed by atoms with E-state index in [4.69, 9.17) is 0 Å². The van der Waals surface area contributed by atoms with E-state index < -0.39 is 0 Å². The van der Waals surface area contributed by atoms with Crippen LogP contribution in [0.4, 0.5) is 0 Å². The minimum Gasteiger partial charge on any atom is -1.00 e. The van der Waals surface area contributed by atoms with E-state index in [1.54, 1.807) is 0 Å². The third kappa shape index (κ3) is 54.2. The predicted octanol–water partition coefficient (Wildman–Crippen LogP) is 7.23. The Bertz CT molecular complexity index is 443. The lowest BCUT2D eigenvalue weighted by Gasteiger charge is -2.30. The molecule has 0 radical (unpaired) electrons. The minimum atomic E-state index is 0. The molecule has 0 aromatic carbocycles. The predicted molar refractivity (Wildman–Crippen MR) is 199 cm³/mol. The van der Waals surface area contributed by atoms with Crippen LogP contribution in [0.25, 0.3) is 0 Å². The van der Waals surface area contributed by atoms with Crippen molar-refractivity contribution in [2.24, 2.45) is 0 Å². The zero-order valence-corrected chi connectivity index (χ0v) is 34.0. The van der Waals surface area contributed by atoms with Crippen LogP contribution in [-0.2, 0) is 0 Å². The van der Waals surface area contributed by atoms with Crippen LogP contribution in [0.15, 0.2) is 0 Å². The normalized spacial score (nSPS) is 11.2. The standard InChI is InChI=1S/C38H80N.C3H9N.2ClH/c1-5-7-9-11-13-15-17-19-21-23-25-27-29-31-33-35-37-39(3,4)38-36-34-32-30-28-26-24-22-20-18-16-14-12-10-8-6-2;1-3(2)4;;/h5-38H2,1-4H3;3H,4H2,1-2H3;2*1H/q+1;;;/p-1. The SMILES string of the molecule is CC(C)[NH3+].CCCCCCCCCCCCCCCCCC[N+](C)(C)CCCCCCCCCCCCCCCCCC.[Cl-].[Cl-]. The Labute approximate surface area is 300 Å². The fourth-order valence-electron chi connectivity index (χ4n) is 6.29. The van der Waals surface area contributed by atoms with Crippen molar-refractivity contribution in [3.05, 3.63) is 0 Å². The summed E-state index contributed by atoms with van der Waals surface area (Å²) < 4.78 is 1.25. The van der Waals surface area contributed by atoms with Gasteiger partial charge in [-0.05, 0) is 39.5 Å². The van der Waals surface area contributed by atoms with Crippen LogP contribution in [0.2, 0.25) is 0 Å². The molecule has 4 heteroatoms. The molecule has 0 saturated carbocycles. The fourth-order valence-corrected chi connectivity index (χ4v) is 6.29. The molecule has 0 bridgehead atoms. The van der Waals surface area contributed by atoms with Gasteiger partial charge in [0, 0.05) is 0 Å². The lowest BCUT2D eigenvalue weighted by molar-refractivity contribution is -0.890. The summed E-state index contributed by atoms with van der Waals surface area (Å²) in [6.07, 6.45) is 46.9. The molecule has 0 amide bonds. The van der Waals surface area contributed by atoms with Crippen LogP contribution < -0.4 is 30.5 Å². The van der Waals surface area contributed by atoms with Crippen molar-refractivity contribution < 1.29 is 35.0 Å². The molecule has 0 rings (SSSR count). The molecule has 0 atom stereocenters. The van der Waals surface area contributed by atoms with Crippen molar-refractivity contribution in [3.63, 3.8) is 0 Å². The van der Waals surface area contributed by atoms with E-state index in [0.29, 0.717) is 6.04 Å². The van der Waals surface area contributed by atoms with Gasteiger partial charge < -0.3 is 35.0 Å². The summed E-state index contributed by atoms with van der Waals surface area (Å²) in [5.74, 6) is 0. The fraction of sp³-hybridized carbons (Fsp3) is 1.00. The molecule has 0 aliphatic rings. The van der Waals surface area contributed by atoms with E-state index >= 15 is 0 Å². The molecule has 0 aliphatic heterocycles. The topological polar surface area (TPSA) is 27.6 Å². The Kier molecular flexibility index (Phi) is 51.7. The van der Waals surface area contributed by atoms with Crippen molar-refractivity contribution in [3.8, 4) is 0 Å². The smallest absolute Gasteiger partial charge is 0.0786 e. The highest BCUT2D eigenvalue weighted by Crippen LogP contribution is 2.16. The van der Waals surface area contributed by atoms with Crippen molar-refractivity contribution in [1.29, 1.82) is 0 Å². The highest BCUT2D eigenvalue weighted by Gasteiger charge is 2.13. The second kappa shape index (κ2) is 44.5. The van der Waals surface area contributed by atoms with Crippen molar-refractivity contribution >= 4 is 0 Å². The maximum atomic E-state index is 3.64. The van der Waals surface area contributed by atoms with E-state index in [1.165, 1.54) is 223 Å². The maximum absolute atomic E-state index is 3.64. The van der Waals surface area contributed by atoms with E-state index in [0.717, 1.165) is 0 Å². The molecule has 0 spiro atoms. The van der Waals surface area contributed by atoms with Gasteiger partial charge in [-0.1, -0.05) is 194 Å². The summed E-state index contributed by atoms with van der Waals surface area (Å²) in [7, 11) is 4.94. The second-order valence-electron chi connectivity index (χ2n) is 15.4. The van der Waals surface area contributed by atoms with Gasteiger partial charge in [0.1, 0.15) is 0 Å². The van der Waals surface area contributed by atoms with Gasteiger partial charge in [-0.15, -0.1) is 0 Å². The zero-order valence-electron chi connectivity index (χ0n) is 32.5. The Morgan fingerprint density at radius 2 is 0.467 bits per heavy atom. The summed E-state index contributed by atoms with van der Waals surface area (Å²) in [6.45, 7) is 11.5. The molecule has 0 fully saturated rings. The summed E-state index contributed by atoms with van der Waals surface area (Å²) in [5, 5.41) is 0. The maximum Gasteiger partial charge on any atom is 0.0786 e. The Hall–Kier alpha value is 0.500. The molecule has 278 valence electrons. The highest BCUT2D eigenvalue weighted by atomic mass is 35.5. The summed E-state index contributed by atoms with van der Waals surface area (Å²) in [6, 6.07) is 0.583. The quantitative estimate of drug-likeness (QED) is 0.0549. The van der Waals surface area contributed by atoms with Gasteiger partial charge in [-0.3, -0.25) is 0 Å². The molecule has 3 N–H and O–H groups in total. The molecule has 45 heavy (non-hydrogen) atoms. The first-order chi connectivity index (χ1) is 20.9. The molecule has 0 aromatic rings. The summed E-state index contributed by atoms with van der Waals surface area (Å²) in [4.78, 5) is 0. The summed E-state index contributed by atoms with van der Waals surface area (Å²) >= 11 is 0. The van der Waals surface area contributed by atoms with Crippen molar-refractivity contribution in [2.45, 2.75) is 239 Å². The second-order valence-corrected chi connectivity index (χ2v) is 15.4. The van der Waals surface area contributed by atoms with Gasteiger partial charge in [0.15, 0.2) is 0 Å². The largest absolute Gasteiger partial charge is 1.00 e. The number of quaternary nitrogens is 2. The molecule has 0 aliphatic carbocycles. The van der Waals surface area contributed by atoms with Gasteiger partial charge >= 0.3 is 0 Å². The molecule has 0 heterocycles. The first kappa shape index (κ1) is 52.3. The van der Waals surface area contributed by atoms with E-state index in [1.807, 2.05) is 0 Å². The van der Waals surface area contributed by atoms with E-state index in [9.17, 15) is 0 Å². The molecular formula is C41H90Cl2N2. The van der Waals surface area contributed by atoms with Gasteiger partial charge in [0.25, 0.3) is 0 Å². The number of unbranched alkanes of at least 4 members (excludes halogenated alkanes) is 30. The molecule has 0 aromatic heterocycles. The summed E-state index contributed by atoms with van der Waals surface area (Å²) in [5.41, 5.74) is 3.64. The third-order valence-corrected chi connectivity index (χ3v) is 9.23. The third-order valence-electron chi connectivity index (χ3n) is 9.23. The van der Waals surface area contributed by atoms with Gasteiger partial charge in [-0.25, -0.2) is 0 Å². The first-order valence-corrected chi connectivity index (χ1v) is 20.5. The number of rotatable bonds is 34. The number of hydrogen-bond acceptors (Lipinski definition) is 0. The van der Waals surface area contributed by atoms with Crippen molar-refractivity contribution in [1.82, 2.24) is 0 Å². The highest BCUT2D eigenvalue weighted by molar-refractivity contribution is 4.52. The van der Waals surface area contributed by atoms with Crippen LogP contribution in [0.5, 0.6) is 0 Å². The number of nitrogens with zero attached hydrogens (tertiary/aromatic N) is 1. The van der Waals surface area contributed by atoms with Crippen molar-refractivity contribution in [2.75, 3.05) is 27.2 Å². The molecule has 2 nitrogen and oxygen atoms in total. The lowest BCUT2D eigenvalue weighted by Crippen LogP contribution is -3.00. The average Bonchev–Trinajstić information content (AvgIpc) is 2.96. The van der Waals surface area contributed by atoms with Crippen LogP contribution in [-0.4, -0.2) is 37.7 Å². The molecular weight excluding hydrogens is 591 g/mol. The molecule has 0 saturated heterocycles. The van der Waals surface area contributed by atoms with E-state index in [2.05, 4.69) is 47.5 Å². The zero-order chi connectivity index (χ0) is 32.1. The lowest BCUT2D eigenvalue weighted by atomic mass is 10.0. The van der Waals surface area contributed by atoms with Crippen LogP contribution >= 0.6 is 0 Å². The van der Waals surface area contributed by atoms with Crippen LogP contribution in [0.3, 0.4) is 0 Å². The van der Waals surface area contributed by atoms with Gasteiger partial charge in [0.2, 0.25) is 0 Å². The van der Waals surface area contributed by atoms with Crippen LogP contribution in [0, 0.1) is 0 Å². The van der Waals surface area contributed by atoms with Gasteiger partial charge in [0.05, 0.1) is 33.2 Å². The number of halogens is 2. The Morgan fingerprint density at radius 1 is 0.333 bits per heavy atom. The first-order valence-electron chi connectivity index (χ1n) is 20.5. The molecule has 0 unspecified atom stereocenters. The Balaban J connectivity index is -0.00000131. The van der Waals surface area contributed by atoms with Gasteiger partial charge in [-0.2, -0.15) is 0 Å². The monoisotopic (exact) mass is 681 g/mol. The minimum absolute atomic E-state index is 0. The van der Waals surface area contributed by atoms with Crippen LogP contribution in [0.1, 0.15) is 233 Å². The number of hydrogen-bond donors (Lipinski definition) is 1. The average molecular weight is 682 g/mol. The van der Waals surface area contributed by atoms with E-state index in [-0.39, 0.29) is 24.8 Å². The Morgan fingerprint density at radius 3 is 0.622 bits per heavy atom.